The molecule has 0 saturated carbocycles. The molecule has 27 nitrogen and oxygen atoms in total. The van der Waals surface area contributed by atoms with E-state index in [1.165, 1.54) is 50.1 Å². The fraction of sp³-hybridized carbons (Fsp3) is 0.258. The maximum atomic E-state index is 15.6. The van der Waals surface area contributed by atoms with Crippen molar-refractivity contribution in [1.29, 1.82) is 15.8 Å². The number of phenolic OH excluding ortho intramolecular Hbond substituents is 3. The first-order chi connectivity index (χ1) is 64.0. The van der Waals surface area contributed by atoms with E-state index in [2.05, 4.69) is 62.9 Å². The number of hydrogen-bond acceptors (Lipinski definition) is 21. The molecular weight excluding hydrogens is 2000 g/mol. The Balaban J connectivity index is 0.000000171. The van der Waals surface area contributed by atoms with E-state index < -0.39 is 108 Å². The minimum atomic E-state index is -1.12. The minimum Gasteiger partial charge on any atom is -0.506 e. The third kappa shape index (κ3) is 18.2. The topological polar surface area (TPSA) is 346 Å². The number of halogens is 15. The predicted octanol–water partition coefficient (Wildman–Crippen LogP) is 21.1. The molecule has 0 atom stereocenters. The molecule has 0 bridgehead atoms. The van der Waals surface area contributed by atoms with Crippen LogP contribution in [0.5, 0.6) is 17.2 Å². The molecule has 3 N–H and O–H groups in total. The van der Waals surface area contributed by atoms with E-state index in [9.17, 15) is 64.3 Å². The summed E-state index contributed by atoms with van der Waals surface area (Å²) in [7, 11) is 0. The van der Waals surface area contributed by atoms with E-state index in [1.807, 2.05) is 56.2 Å². The number of amides is 3. The van der Waals surface area contributed by atoms with Gasteiger partial charge in [-0.3, -0.25) is 57.4 Å². The number of benzene rings is 3. The molecule has 12 heterocycles. The molecule has 15 rings (SSSR count). The average Bonchev–Trinajstić information content (AvgIpc) is 0.728. The van der Waals surface area contributed by atoms with E-state index in [0.29, 0.717) is 119 Å². The van der Waals surface area contributed by atoms with Gasteiger partial charge in [-0.25, -0.2) is 28.1 Å². The quantitative estimate of drug-likeness (QED) is 0.0487. The largest absolute Gasteiger partial charge is 0.506 e. The number of aromatic nitrogens is 9. The van der Waals surface area contributed by atoms with Crippen LogP contribution in [0.15, 0.2) is 107 Å². The molecule has 3 saturated heterocycles. The van der Waals surface area contributed by atoms with Gasteiger partial charge in [-0.2, -0.15) is 15.8 Å². The molecule has 696 valence electrons. The molecule has 3 amide bonds. The van der Waals surface area contributed by atoms with Crippen LogP contribution in [0.2, 0.25) is 60.3 Å². The van der Waals surface area contributed by atoms with Crippen molar-refractivity contribution in [2.45, 2.75) is 80.1 Å². The minimum absolute atomic E-state index is 0.0111. The Labute approximate surface area is 829 Å². The number of hydrogen-bond donors (Lipinski definition) is 3. The van der Waals surface area contributed by atoms with Crippen LogP contribution in [-0.4, -0.2) is 170 Å². The Bertz CT molecular complexity index is 6650. The number of rotatable bonds is 15. The van der Waals surface area contributed by atoms with Crippen molar-refractivity contribution in [2.24, 2.45) is 0 Å². The lowest BCUT2D eigenvalue weighted by Crippen LogP contribution is -2.49. The molecule has 0 unspecified atom stereocenters. The number of fused-ring (bicyclic) bond motifs is 3. The zero-order valence-electron chi connectivity index (χ0n) is 72.8. The second kappa shape index (κ2) is 40.7. The second-order valence-corrected chi connectivity index (χ2v) is 36.7. The molecule has 0 spiro atoms. The highest BCUT2D eigenvalue weighted by Gasteiger charge is 2.38. The molecule has 3 aliphatic heterocycles. The van der Waals surface area contributed by atoms with Crippen LogP contribution in [-0.2, 0) is 14.4 Å². The van der Waals surface area contributed by atoms with Gasteiger partial charge >= 0.3 is 0 Å². The normalized spacial score (nSPS) is 13.4. The molecule has 0 aliphatic carbocycles. The molecule has 3 aliphatic rings. The first-order valence-corrected chi connectivity index (χ1v) is 45.6. The highest BCUT2D eigenvalue weighted by Crippen LogP contribution is 2.53. The van der Waals surface area contributed by atoms with Gasteiger partial charge in [-0.15, -0.1) is 0 Å². The van der Waals surface area contributed by atoms with Crippen LogP contribution in [0, 0.1) is 72.2 Å². The number of aryl methyl sites for hydroxylation is 3. The van der Waals surface area contributed by atoms with Crippen molar-refractivity contribution in [2.75, 3.05) is 93.2 Å². The Morgan fingerprint density at radius 3 is 0.881 bits per heavy atom. The number of nitriles is 3. The van der Waals surface area contributed by atoms with Crippen LogP contribution < -0.4 is 31.4 Å². The predicted molar refractivity (Wildman–Crippen MR) is 524 cm³/mol. The van der Waals surface area contributed by atoms with Gasteiger partial charge in [0.05, 0.1) is 130 Å². The number of piperazine rings is 3. The van der Waals surface area contributed by atoms with E-state index in [1.54, 1.807) is 72.3 Å². The summed E-state index contributed by atoms with van der Waals surface area (Å²) in [5.74, 6) is -6.74. The number of phenols is 3. The molecule has 135 heavy (non-hydrogen) atoms. The van der Waals surface area contributed by atoms with Gasteiger partial charge in [0.25, 0.3) is 16.7 Å². The highest BCUT2D eigenvalue weighted by molar-refractivity contribution is 6.51. The van der Waals surface area contributed by atoms with Gasteiger partial charge in [0.2, 0.25) is 17.7 Å². The van der Waals surface area contributed by atoms with Crippen molar-refractivity contribution in [3.8, 4) is 86.3 Å². The van der Waals surface area contributed by atoms with Gasteiger partial charge in [-0.1, -0.05) is 200 Å². The molecule has 12 aromatic rings. The third-order valence-corrected chi connectivity index (χ3v) is 27.7. The van der Waals surface area contributed by atoms with Gasteiger partial charge in [-0.05, 0) is 110 Å². The van der Waals surface area contributed by atoms with E-state index in [4.69, 9.17) is 144 Å². The molecular formula is C93H75Cl12F3N18O9. The average molecular weight is 2070 g/mol. The SMILES string of the molecule is C=CC(=O)N1CCN(c2c(C#N)c(=O)n(-c3c(C)ccnc3C(C)C)c3nc(-c4c(O)c(Cl)c(Cl)c(Cl)c4F)c(Cl)cc23)CC1.C=CC(=O)N1CCN(c2c(C#N)c(=O)n(-c3c(C)ccnc3C(C)C)c3nc(-c4c(O)c(Cl)c(Cl)c(Cl)c4F)c(Cl)cc23)CC1.C=CC(=O)N1CCN(c2c(C#N)c(=O)n(-c3c(C)ccnc3C(C)C)c3nc(-c4c(O)c(Cl)c(F)c(Cl)c4Cl)c(Cl)cc23)CC1. The van der Waals surface area contributed by atoms with Crippen LogP contribution in [0.1, 0.15) is 110 Å². The molecule has 3 aromatic carbocycles. The maximum Gasteiger partial charge on any atom is 0.276 e. The second-order valence-electron chi connectivity index (χ2n) is 32.0. The first-order valence-electron chi connectivity index (χ1n) is 41.1. The number of pyridine rings is 9. The number of nitrogens with zero attached hydrogens (tertiary/aromatic N) is 18. The summed E-state index contributed by atoms with van der Waals surface area (Å²) in [6, 6.07) is 15.8. The Morgan fingerprint density at radius 2 is 0.630 bits per heavy atom. The Kier molecular flexibility index (Phi) is 30.4. The lowest BCUT2D eigenvalue weighted by Gasteiger charge is -2.36. The van der Waals surface area contributed by atoms with Crippen molar-refractivity contribution >= 4 is 207 Å². The van der Waals surface area contributed by atoms with Crippen molar-refractivity contribution in [3.63, 3.8) is 0 Å². The van der Waals surface area contributed by atoms with Crippen LogP contribution >= 0.6 is 139 Å². The van der Waals surface area contributed by atoms with Gasteiger partial charge in [0.15, 0.2) is 17.5 Å². The van der Waals surface area contributed by atoms with E-state index in [0.717, 1.165) is 0 Å². The van der Waals surface area contributed by atoms with Crippen molar-refractivity contribution in [1.82, 2.24) is 58.3 Å². The molecule has 9 aromatic heterocycles. The standard InChI is InChI=1S/3C31H25Cl4FN6O3/c2*1-5-19(43)40-8-10-41(11-9-40)28-16-12-18(32)26(20-24(36)22(34)21(33)23(35)29(20)44)39-30(16)42(31(45)17(28)13-37)27-15(4)6-7-38-25(27)14(2)3;1-5-19(43)40-8-10-41(11-9-40)28-16-12-18(32)26(20-21(33)22(34)24(36)23(35)29(20)44)39-30(16)42(31(45)17(28)13-37)27-15(4)6-7-38-25(27)14(2)3/h3*5-7,12,14,44H,1,8-11H2,2-4H3. The smallest absolute Gasteiger partial charge is 0.276 e. The van der Waals surface area contributed by atoms with Gasteiger partial charge < -0.3 is 44.7 Å². The summed E-state index contributed by atoms with van der Waals surface area (Å²) in [5, 5.41) is 60.1. The zero-order valence-corrected chi connectivity index (χ0v) is 81.8. The summed E-state index contributed by atoms with van der Waals surface area (Å²) < 4.78 is 49.6. The zero-order chi connectivity index (χ0) is 98.7. The molecule has 42 heteroatoms. The first kappa shape index (κ1) is 101. The number of carbonyl (C=O) groups excluding carboxylic acids is 3. The third-order valence-electron chi connectivity index (χ3n) is 23.0. The summed E-state index contributed by atoms with van der Waals surface area (Å²) in [5.41, 5.74) is 1.22. The number of carbonyl (C=O) groups is 3. The summed E-state index contributed by atoms with van der Waals surface area (Å²) in [6.07, 6.45) is 8.54. The van der Waals surface area contributed by atoms with Crippen LogP contribution in [0.4, 0.5) is 30.2 Å². The van der Waals surface area contributed by atoms with Gasteiger partial charge in [0.1, 0.15) is 84.2 Å². The lowest BCUT2D eigenvalue weighted by atomic mass is 10.0. The van der Waals surface area contributed by atoms with Crippen LogP contribution in [0.3, 0.4) is 0 Å². The maximum absolute atomic E-state index is 15.6. The Hall–Kier alpha value is -11.6. The lowest BCUT2D eigenvalue weighted by molar-refractivity contribution is -0.127. The van der Waals surface area contributed by atoms with E-state index >= 15 is 8.78 Å². The number of aromatic hydroxyl groups is 3. The summed E-state index contributed by atoms with van der Waals surface area (Å²) >= 11 is 75.4. The fourth-order valence-electron chi connectivity index (χ4n) is 16.4. The van der Waals surface area contributed by atoms with Crippen molar-refractivity contribution < 1.29 is 42.9 Å². The van der Waals surface area contributed by atoms with Gasteiger partial charge in [0, 0.05) is 113 Å². The highest BCUT2D eigenvalue weighted by atomic mass is 35.5. The number of anilines is 3. The molecule has 3 fully saturated rings. The summed E-state index contributed by atoms with van der Waals surface area (Å²) in [6.45, 7) is 31.0. The fourth-order valence-corrected chi connectivity index (χ4v) is 19.1. The molecule has 0 radical (unpaired) electrons. The monoisotopic (exact) mass is 2060 g/mol. The van der Waals surface area contributed by atoms with E-state index in [-0.39, 0.29) is 150 Å². The Morgan fingerprint density at radius 1 is 0.378 bits per heavy atom. The van der Waals surface area contributed by atoms with Crippen LogP contribution in [0.25, 0.3) is 83.9 Å². The summed E-state index contributed by atoms with van der Waals surface area (Å²) in [4.78, 5) is 118. The van der Waals surface area contributed by atoms with Crippen molar-refractivity contribution in [3.05, 3.63) is 252 Å².